The predicted octanol–water partition coefficient (Wildman–Crippen LogP) is 4.09. The van der Waals surface area contributed by atoms with Crippen molar-refractivity contribution < 1.29 is 4.74 Å². The number of anilines is 2. The molecule has 1 atom stereocenters. The van der Waals surface area contributed by atoms with Gasteiger partial charge in [0.05, 0.1) is 17.9 Å². The molecular weight excluding hydrogens is 294 g/mol. The van der Waals surface area contributed by atoms with Crippen LogP contribution in [0.5, 0.6) is 5.75 Å². The highest BCUT2D eigenvalue weighted by Crippen LogP contribution is 2.38. The summed E-state index contributed by atoms with van der Waals surface area (Å²) in [6.07, 6.45) is 2.62. The Morgan fingerprint density at radius 3 is 2.95 bits per heavy atom. The van der Waals surface area contributed by atoms with Gasteiger partial charge in [-0.25, -0.2) is 4.98 Å². The van der Waals surface area contributed by atoms with Crippen LogP contribution in [0.4, 0.5) is 10.8 Å². The van der Waals surface area contributed by atoms with Gasteiger partial charge in [0.2, 0.25) is 0 Å². The second-order valence-corrected chi connectivity index (χ2v) is 7.10. The first kappa shape index (κ1) is 15.2. The zero-order valence-electron chi connectivity index (χ0n) is 13.4. The molecule has 0 saturated heterocycles. The normalized spacial score (nSPS) is 17.2. The minimum Gasteiger partial charge on any atom is -0.487 e. The van der Waals surface area contributed by atoms with Crippen molar-refractivity contribution in [3.63, 3.8) is 0 Å². The number of fused-ring (bicyclic) bond motifs is 1. The van der Waals surface area contributed by atoms with E-state index in [9.17, 15) is 0 Å². The fourth-order valence-electron chi connectivity index (χ4n) is 2.92. The minimum atomic E-state index is 0.229. The number of rotatable bonds is 4. The maximum absolute atomic E-state index is 5.98. The number of aromatic nitrogens is 1. The number of benzene rings is 1. The lowest BCUT2D eigenvalue weighted by molar-refractivity contribution is 0.212. The molecule has 2 heterocycles. The van der Waals surface area contributed by atoms with Crippen LogP contribution in [0.3, 0.4) is 0 Å². The molecule has 1 unspecified atom stereocenters. The van der Waals surface area contributed by atoms with E-state index in [4.69, 9.17) is 10.5 Å². The van der Waals surface area contributed by atoms with Crippen molar-refractivity contribution in [2.45, 2.75) is 39.7 Å². The maximum atomic E-state index is 5.98. The number of nitrogens with two attached hydrogens (primary N) is 1. The predicted molar refractivity (Wildman–Crippen MR) is 93.9 cm³/mol. The smallest absolute Gasteiger partial charge is 0.180 e. The van der Waals surface area contributed by atoms with Gasteiger partial charge in [-0.1, -0.05) is 13.3 Å². The molecule has 5 heteroatoms. The molecule has 0 radical (unpaired) electrons. The Kier molecular flexibility index (Phi) is 4.25. The first-order chi connectivity index (χ1) is 10.6. The van der Waals surface area contributed by atoms with E-state index in [1.54, 1.807) is 0 Å². The SMILES string of the molecule is CCCCN1CC(C)Oc2ccc(-c3nc(N)sc3C)cc21. The minimum absolute atomic E-state index is 0.229. The van der Waals surface area contributed by atoms with E-state index < -0.39 is 0 Å². The van der Waals surface area contributed by atoms with Crippen molar-refractivity contribution in [1.82, 2.24) is 4.98 Å². The van der Waals surface area contributed by atoms with Crippen LogP contribution in [-0.2, 0) is 0 Å². The van der Waals surface area contributed by atoms with Gasteiger partial charge in [-0.3, -0.25) is 0 Å². The molecule has 1 aromatic carbocycles. The molecule has 0 fully saturated rings. The van der Waals surface area contributed by atoms with Gasteiger partial charge in [0.25, 0.3) is 0 Å². The van der Waals surface area contributed by atoms with Crippen LogP contribution < -0.4 is 15.4 Å². The Bertz CT molecular complexity index is 668. The third-order valence-corrected chi connectivity index (χ3v) is 4.77. The third-order valence-electron chi connectivity index (χ3n) is 3.97. The lowest BCUT2D eigenvalue weighted by Crippen LogP contribution is -2.38. The Morgan fingerprint density at radius 2 is 2.27 bits per heavy atom. The van der Waals surface area contributed by atoms with E-state index in [2.05, 4.69) is 48.9 Å². The molecule has 3 rings (SSSR count). The number of hydrogen-bond acceptors (Lipinski definition) is 5. The van der Waals surface area contributed by atoms with E-state index in [1.165, 1.54) is 29.9 Å². The zero-order chi connectivity index (χ0) is 15.7. The lowest BCUT2D eigenvalue weighted by atomic mass is 10.1. The standard InChI is InChI=1S/C17H23N3OS/c1-4-5-8-20-10-11(2)21-15-7-6-13(9-14(15)20)16-12(3)22-17(18)19-16/h6-7,9,11H,4-5,8,10H2,1-3H3,(H2,18,19). The zero-order valence-corrected chi connectivity index (χ0v) is 14.2. The van der Waals surface area contributed by atoms with Crippen LogP contribution >= 0.6 is 11.3 Å². The first-order valence-corrected chi connectivity index (χ1v) is 8.69. The van der Waals surface area contributed by atoms with Crippen molar-refractivity contribution in [1.29, 1.82) is 0 Å². The van der Waals surface area contributed by atoms with Gasteiger partial charge >= 0.3 is 0 Å². The van der Waals surface area contributed by atoms with Crippen LogP contribution in [0.2, 0.25) is 0 Å². The van der Waals surface area contributed by atoms with Crippen LogP contribution in [0.1, 0.15) is 31.6 Å². The van der Waals surface area contributed by atoms with Crippen LogP contribution in [0.15, 0.2) is 18.2 Å². The Morgan fingerprint density at radius 1 is 1.45 bits per heavy atom. The molecular formula is C17H23N3OS. The summed E-state index contributed by atoms with van der Waals surface area (Å²) < 4.78 is 5.98. The molecule has 1 aliphatic heterocycles. The third kappa shape index (κ3) is 2.90. The summed E-state index contributed by atoms with van der Waals surface area (Å²) >= 11 is 1.54. The van der Waals surface area contributed by atoms with Gasteiger partial charge in [-0.05, 0) is 38.5 Å². The summed E-state index contributed by atoms with van der Waals surface area (Å²) in [5, 5.41) is 0.623. The molecule has 0 saturated carbocycles. The van der Waals surface area contributed by atoms with Crippen LogP contribution in [0.25, 0.3) is 11.3 Å². The van der Waals surface area contributed by atoms with Gasteiger partial charge in [0.15, 0.2) is 5.13 Å². The average molecular weight is 317 g/mol. The molecule has 22 heavy (non-hydrogen) atoms. The van der Waals surface area contributed by atoms with Gasteiger partial charge in [0, 0.05) is 17.0 Å². The highest BCUT2D eigenvalue weighted by Gasteiger charge is 2.23. The number of ether oxygens (including phenoxy) is 1. The topological polar surface area (TPSA) is 51.4 Å². The fourth-order valence-corrected chi connectivity index (χ4v) is 3.63. The summed E-state index contributed by atoms with van der Waals surface area (Å²) in [4.78, 5) is 8.06. The second-order valence-electron chi connectivity index (χ2n) is 5.87. The summed E-state index contributed by atoms with van der Waals surface area (Å²) in [6.45, 7) is 8.42. The highest BCUT2D eigenvalue weighted by molar-refractivity contribution is 7.15. The summed E-state index contributed by atoms with van der Waals surface area (Å²) in [5.74, 6) is 0.972. The van der Waals surface area contributed by atoms with E-state index >= 15 is 0 Å². The van der Waals surface area contributed by atoms with Crippen molar-refractivity contribution in [3.8, 4) is 17.0 Å². The maximum Gasteiger partial charge on any atom is 0.180 e. The second kappa shape index (κ2) is 6.16. The van der Waals surface area contributed by atoms with E-state index in [-0.39, 0.29) is 6.10 Å². The monoisotopic (exact) mass is 317 g/mol. The Balaban J connectivity index is 1.98. The van der Waals surface area contributed by atoms with Crippen LogP contribution in [-0.4, -0.2) is 24.2 Å². The lowest BCUT2D eigenvalue weighted by Gasteiger charge is -2.35. The Labute approximate surface area is 135 Å². The largest absolute Gasteiger partial charge is 0.487 e. The van der Waals surface area contributed by atoms with Crippen LogP contribution in [0, 0.1) is 6.92 Å². The summed E-state index contributed by atoms with van der Waals surface area (Å²) in [6, 6.07) is 6.34. The molecule has 2 N–H and O–H groups in total. The fraction of sp³-hybridized carbons (Fsp3) is 0.471. The molecule has 0 bridgehead atoms. The molecule has 1 aromatic heterocycles. The highest BCUT2D eigenvalue weighted by atomic mass is 32.1. The van der Waals surface area contributed by atoms with E-state index in [1.807, 2.05) is 0 Å². The quantitative estimate of drug-likeness (QED) is 0.923. The van der Waals surface area contributed by atoms with Crippen molar-refractivity contribution in [2.24, 2.45) is 0 Å². The van der Waals surface area contributed by atoms with Gasteiger partial charge in [-0.15, -0.1) is 11.3 Å². The molecule has 2 aromatic rings. The van der Waals surface area contributed by atoms with Crippen molar-refractivity contribution >= 4 is 22.2 Å². The van der Waals surface area contributed by atoms with Gasteiger partial charge < -0.3 is 15.4 Å². The number of unbranched alkanes of at least 4 members (excludes halogenated alkanes) is 1. The number of nitrogen functional groups attached to an aromatic ring is 1. The number of hydrogen-bond donors (Lipinski definition) is 1. The Hall–Kier alpha value is -1.75. The van der Waals surface area contributed by atoms with Gasteiger partial charge in [-0.2, -0.15) is 0 Å². The molecule has 0 aliphatic carbocycles. The average Bonchev–Trinajstić information content (AvgIpc) is 2.83. The molecule has 0 amide bonds. The summed E-state index contributed by atoms with van der Waals surface area (Å²) in [5.41, 5.74) is 9.11. The molecule has 0 spiro atoms. The molecule has 4 nitrogen and oxygen atoms in total. The van der Waals surface area contributed by atoms with Crippen molar-refractivity contribution in [3.05, 3.63) is 23.1 Å². The van der Waals surface area contributed by atoms with Gasteiger partial charge in [0.1, 0.15) is 11.9 Å². The molecule has 118 valence electrons. The van der Waals surface area contributed by atoms with Crippen molar-refractivity contribution in [2.75, 3.05) is 23.7 Å². The number of nitrogens with zero attached hydrogens (tertiary/aromatic N) is 2. The van der Waals surface area contributed by atoms with E-state index in [0.29, 0.717) is 5.13 Å². The summed E-state index contributed by atoms with van der Waals surface area (Å²) in [7, 11) is 0. The number of aryl methyl sites for hydroxylation is 1. The number of thiazole rings is 1. The molecule has 1 aliphatic rings. The first-order valence-electron chi connectivity index (χ1n) is 7.87. The van der Waals surface area contributed by atoms with E-state index in [0.717, 1.165) is 35.0 Å².